The van der Waals surface area contributed by atoms with Crippen molar-refractivity contribution in [2.75, 3.05) is 12.8 Å². The van der Waals surface area contributed by atoms with Crippen molar-refractivity contribution in [1.29, 1.82) is 0 Å². The molecule has 0 aromatic heterocycles. The van der Waals surface area contributed by atoms with Gasteiger partial charge in [0.05, 0.1) is 5.56 Å². The molecule has 2 rings (SSSR count). The highest BCUT2D eigenvalue weighted by Crippen LogP contribution is 2.39. The summed E-state index contributed by atoms with van der Waals surface area (Å²) in [6.07, 6.45) is 7.17. The summed E-state index contributed by atoms with van der Waals surface area (Å²) in [4.78, 5) is 10.7. The number of aromatic carboxylic acids is 1. The van der Waals surface area contributed by atoms with Crippen molar-refractivity contribution >= 4 is 17.7 Å². The molecular weight excluding hydrogens is 277 g/mol. The summed E-state index contributed by atoms with van der Waals surface area (Å²) in [6.45, 7) is 1.48. The predicted octanol–water partition coefficient (Wildman–Crippen LogP) is 3.29. The van der Waals surface area contributed by atoms with E-state index in [2.05, 4.69) is 11.6 Å². The lowest BCUT2D eigenvalue weighted by molar-refractivity contribution is 0.0692. The number of benzene rings is 1. The van der Waals surface area contributed by atoms with Gasteiger partial charge >= 0.3 is 5.97 Å². The van der Waals surface area contributed by atoms with Crippen LogP contribution < -0.4 is 5.32 Å². The van der Waals surface area contributed by atoms with E-state index in [-0.39, 0.29) is 5.56 Å². The largest absolute Gasteiger partial charge is 0.478 e. The van der Waals surface area contributed by atoms with Crippen LogP contribution in [0.1, 0.15) is 41.6 Å². The van der Waals surface area contributed by atoms with Crippen molar-refractivity contribution < 1.29 is 14.3 Å². The first kappa shape index (κ1) is 15.3. The van der Waals surface area contributed by atoms with Crippen molar-refractivity contribution in [3.63, 3.8) is 0 Å². The highest BCUT2D eigenvalue weighted by molar-refractivity contribution is 8.00. The highest BCUT2D eigenvalue weighted by atomic mass is 32.2. The third-order valence-corrected chi connectivity index (χ3v) is 5.41. The van der Waals surface area contributed by atoms with Crippen LogP contribution in [0.15, 0.2) is 18.2 Å². The lowest BCUT2D eigenvalue weighted by atomic mass is 10.1. The number of rotatable bonds is 6. The molecule has 0 unspecified atom stereocenters. The first-order valence-corrected chi connectivity index (χ1v) is 8.06. The molecule has 0 atom stereocenters. The average molecular weight is 297 g/mol. The van der Waals surface area contributed by atoms with Crippen LogP contribution in [-0.2, 0) is 6.54 Å². The average Bonchev–Trinajstić information content (AvgIpc) is 2.88. The van der Waals surface area contributed by atoms with Gasteiger partial charge < -0.3 is 10.4 Å². The third kappa shape index (κ3) is 3.52. The number of carboxylic acid groups (broad SMARTS) is 1. The molecular formula is C15H20FNO2S. The molecule has 0 radical (unpaired) electrons. The van der Waals surface area contributed by atoms with Crippen molar-refractivity contribution in [3.05, 3.63) is 35.1 Å². The van der Waals surface area contributed by atoms with E-state index in [1.807, 2.05) is 11.8 Å². The molecule has 0 heterocycles. The van der Waals surface area contributed by atoms with Gasteiger partial charge in [0, 0.05) is 17.8 Å². The number of carboxylic acids is 1. The number of carbonyl (C=O) groups is 1. The van der Waals surface area contributed by atoms with E-state index in [1.54, 1.807) is 6.07 Å². The minimum atomic E-state index is -1.23. The molecule has 2 N–H and O–H groups in total. The number of thioether (sulfide) groups is 1. The first-order valence-electron chi connectivity index (χ1n) is 6.84. The van der Waals surface area contributed by atoms with E-state index >= 15 is 0 Å². The van der Waals surface area contributed by atoms with Crippen LogP contribution in [0.4, 0.5) is 4.39 Å². The summed E-state index contributed by atoms with van der Waals surface area (Å²) >= 11 is 1.91. The molecule has 0 bridgehead atoms. The van der Waals surface area contributed by atoms with Gasteiger partial charge in [-0.1, -0.05) is 18.9 Å². The van der Waals surface area contributed by atoms with Gasteiger partial charge in [0.15, 0.2) is 0 Å². The number of nitrogens with one attached hydrogen (secondary N) is 1. The Labute approximate surface area is 123 Å². The number of hydrogen-bond acceptors (Lipinski definition) is 3. The molecule has 110 valence electrons. The van der Waals surface area contributed by atoms with E-state index in [9.17, 15) is 9.18 Å². The Balaban J connectivity index is 1.91. The van der Waals surface area contributed by atoms with Gasteiger partial charge in [-0.2, -0.15) is 11.8 Å². The summed E-state index contributed by atoms with van der Waals surface area (Å²) in [5, 5.41) is 12.2. The quantitative estimate of drug-likeness (QED) is 0.846. The molecule has 20 heavy (non-hydrogen) atoms. The summed E-state index contributed by atoms with van der Waals surface area (Å²) in [5.74, 6) is -1.90. The predicted molar refractivity (Wildman–Crippen MR) is 79.8 cm³/mol. The molecule has 0 amide bonds. The van der Waals surface area contributed by atoms with Crippen molar-refractivity contribution in [3.8, 4) is 0 Å². The Morgan fingerprint density at radius 1 is 1.45 bits per heavy atom. The van der Waals surface area contributed by atoms with Gasteiger partial charge in [-0.25, -0.2) is 9.18 Å². The van der Waals surface area contributed by atoms with Gasteiger partial charge in [0.2, 0.25) is 0 Å². The van der Waals surface area contributed by atoms with Gasteiger partial charge in [0.25, 0.3) is 0 Å². The van der Waals surface area contributed by atoms with Crippen LogP contribution in [0.5, 0.6) is 0 Å². The van der Waals surface area contributed by atoms with E-state index in [4.69, 9.17) is 5.11 Å². The normalized spacial score (nSPS) is 17.3. The zero-order valence-electron chi connectivity index (χ0n) is 11.6. The van der Waals surface area contributed by atoms with E-state index in [1.165, 1.54) is 37.8 Å². The lowest BCUT2D eigenvalue weighted by Crippen LogP contribution is -2.34. The molecule has 1 aliphatic carbocycles. The molecule has 1 aromatic rings. The number of halogens is 1. The minimum Gasteiger partial charge on any atom is -0.478 e. The molecule has 1 aromatic carbocycles. The fraction of sp³-hybridized carbons (Fsp3) is 0.533. The molecule has 0 spiro atoms. The van der Waals surface area contributed by atoms with Gasteiger partial charge in [0.1, 0.15) is 5.82 Å². The van der Waals surface area contributed by atoms with Gasteiger partial charge in [-0.05, 0) is 36.8 Å². The maximum Gasteiger partial charge on any atom is 0.338 e. The molecule has 1 aliphatic rings. The first-order chi connectivity index (χ1) is 9.56. The Hall–Kier alpha value is -1.07. The van der Waals surface area contributed by atoms with Crippen molar-refractivity contribution in [1.82, 2.24) is 5.32 Å². The fourth-order valence-corrected chi connectivity index (χ4v) is 3.69. The molecule has 3 nitrogen and oxygen atoms in total. The highest BCUT2D eigenvalue weighted by Gasteiger charge is 2.32. The summed E-state index contributed by atoms with van der Waals surface area (Å²) in [5.41, 5.74) is 0.506. The Morgan fingerprint density at radius 3 is 2.70 bits per heavy atom. The van der Waals surface area contributed by atoms with Crippen LogP contribution >= 0.6 is 11.8 Å². The van der Waals surface area contributed by atoms with Crippen LogP contribution in [0, 0.1) is 5.82 Å². The van der Waals surface area contributed by atoms with Crippen LogP contribution in [-0.4, -0.2) is 28.6 Å². The lowest BCUT2D eigenvalue weighted by Gasteiger charge is -2.27. The molecule has 0 aliphatic heterocycles. The standard InChI is InChI=1S/C15H20FNO2S/c1-20-15(6-2-3-7-15)10-17-9-11-4-5-12(14(18)19)13(16)8-11/h4-5,8,17H,2-3,6-7,9-10H2,1H3,(H,18,19). The second-order valence-electron chi connectivity index (χ2n) is 5.32. The summed E-state index contributed by atoms with van der Waals surface area (Å²) < 4.78 is 13.9. The topological polar surface area (TPSA) is 49.3 Å². The van der Waals surface area contributed by atoms with Gasteiger partial charge in [-0.15, -0.1) is 0 Å². The molecule has 1 saturated carbocycles. The fourth-order valence-electron chi connectivity index (χ4n) is 2.75. The molecule has 0 saturated heterocycles. The Morgan fingerprint density at radius 2 is 2.15 bits per heavy atom. The van der Waals surface area contributed by atoms with Gasteiger partial charge in [-0.3, -0.25) is 0 Å². The SMILES string of the molecule is CSC1(CNCc2ccc(C(=O)O)c(F)c2)CCCC1. The maximum absolute atomic E-state index is 13.6. The maximum atomic E-state index is 13.6. The summed E-state index contributed by atoms with van der Waals surface area (Å²) in [7, 11) is 0. The smallest absolute Gasteiger partial charge is 0.338 e. The van der Waals surface area contributed by atoms with Crippen molar-refractivity contribution in [2.45, 2.75) is 37.0 Å². The van der Waals surface area contributed by atoms with Crippen LogP contribution in [0.3, 0.4) is 0 Å². The zero-order valence-corrected chi connectivity index (χ0v) is 12.4. The zero-order chi connectivity index (χ0) is 14.6. The molecule has 5 heteroatoms. The second kappa shape index (κ2) is 6.59. The monoisotopic (exact) mass is 297 g/mol. The Bertz CT molecular complexity index is 487. The van der Waals surface area contributed by atoms with E-state index < -0.39 is 11.8 Å². The number of hydrogen-bond donors (Lipinski definition) is 2. The van der Waals surface area contributed by atoms with Crippen LogP contribution in [0.25, 0.3) is 0 Å². The van der Waals surface area contributed by atoms with E-state index in [0.717, 1.165) is 12.1 Å². The summed E-state index contributed by atoms with van der Waals surface area (Å²) in [6, 6.07) is 4.30. The molecule has 1 fully saturated rings. The van der Waals surface area contributed by atoms with E-state index in [0.29, 0.717) is 11.3 Å². The van der Waals surface area contributed by atoms with Crippen LogP contribution in [0.2, 0.25) is 0 Å². The van der Waals surface area contributed by atoms with Crippen molar-refractivity contribution in [2.24, 2.45) is 0 Å². The third-order valence-electron chi connectivity index (χ3n) is 3.99. The second-order valence-corrected chi connectivity index (χ2v) is 6.59. The minimum absolute atomic E-state index is 0.273. The Kier molecular flexibility index (Phi) is 5.05.